The molecule has 1 aromatic rings. The standard InChI is InChI=1S/C14H21N/c1-5-12-8-10-15-13(11-12)7-6-9-14(2,3)4/h6,8-11H,5,7H2,1-4H3/b9-6+. The van der Waals surface area contributed by atoms with Gasteiger partial charge in [-0.2, -0.15) is 0 Å². The van der Waals surface area contributed by atoms with Crippen molar-refractivity contribution in [1.29, 1.82) is 0 Å². The van der Waals surface area contributed by atoms with Crippen LogP contribution in [0.15, 0.2) is 30.5 Å². The second-order valence-corrected chi connectivity index (χ2v) is 4.98. The average molecular weight is 203 g/mol. The topological polar surface area (TPSA) is 12.9 Å². The van der Waals surface area contributed by atoms with Gasteiger partial charge in [0.15, 0.2) is 0 Å². The van der Waals surface area contributed by atoms with Crippen LogP contribution in [0.5, 0.6) is 0 Å². The van der Waals surface area contributed by atoms with E-state index in [4.69, 9.17) is 0 Å². The van der Waals surface area contributed by atoms with E-state index in [9.17, 15) is 0 Å². The molecule has 0 saturated carbocycles. The van der Waals surface area contributed by atoms with Crippen LogP contribution in [0, 0.1) is 5.41 Å². The first-order chi connectivity index (χ1) is 7.01. The number of pyridine rings is 1. The lowest BCUT2D eigenvalue weighted by molar-refractivity contribution is 0.542. The van der Waals surface area contributed by atoms with Gasteiger partial charge in [-0.25, -0.2) is 0 Å². The Morgan fingerprint density at radius 1 is 1.33 bits per heavy atom. The van der Waals surface area contributed by atoms with E-state index in [1.807, 2.05) is 6.20 Å². The van der Waals surface area contributed by atoms with Crippen molar-refractivity contribution >= 4 is 0 Å². The normalized spacial score (nSPS) is 12.3. The van der Waals surface area contributed by atoms with Crippen LogP contribution in [-0.2, 0) is 12.8 Å². The minimum Gasteiger partial charge on any atom is -0.261 e. The van der Waals surface area contributed by atoms with E-state index in [0.717, 1.165) is 18.5 Å². The first kappa shape index (κ1) is 12.0. The Labute approximate surface area is 93.2 Å². The zero-order chi connectivity index (χ0) is 11.3. The molecule has 0 unspecified atom stereocenters. The Hall–Kier alpha value is -1.11. The van der Waals surface area contributed by atoms with Crippen molar-refractivity contribution in [2.24, 2.45) is 5.41 Å². The molecule has 1 rings (SSSR count). The van der Waals surface area contributed by atoms with E-state index < -0.39 is 0 Å². The SMILES string of the molecule is CCc1ccnc(C/C=C/C(C)(C)C)c1. The number of nitrogens with zero attached hydrogens (tertiary/aromatic N) is 1. The van der Waals surface area contributed by atoms with Crippen molar-refractivity contribution in [3.63, 3.8) is 0 Å². The third-order valence-corrected chi connectivity index (χ3v) is 2.23. The van der Waals surface area contributed by atoms with Gasteiger partial charge in [-0.1, -0.05) is 39.8 Å². The Morgan fingerprint density at radius 3 is 2.67 bits per heavy atom. The van der Waals surface area contributed by atoms with Crippen LogP contribution in [0.4, 0.5) is 0 Å². The number of allylic oxidation sites excluding steroid dienone is 2. The fourth-order valence-electron chi connectivity index (χ4n) is 1.39. The van der Waals surface area contributed by atoms with Crippen LogP contribution < -0.4 is 0 Å². The van der Waals surface area contributed by atoms with Crippen LogP contribution in [0.1, 0.15) is 39.0 Å². The zero-order valence-electron chi connectivity index (χ0n) is 10.2. The summed E-state index contributed by atoms with van der Waals surface area (Å²) >= 11 is 0. The van der Waals surface area contributed by atoms with Crippen molar-refractivity contribution in [2.45, 2.75) is 40.5 Å². The maximum Gasteiger partial charge on any atom is 0.0443 e. The smallest absolute Gasteiger partial charge is 0.0443 e. The summed E-state index contributed by atoms with van der Waals surface area (Å²) in [7, 11) is 0. The molecule has 0 aliphatic carbocycles. The second-order valence-electron chi connectivity index (χ2n) is 4.98. The molecule has 0 spiro atoms. The van der Waals surface area contributed by atoms with E-state index in [-0.39, 0.29) is 5.41 Å². The maximum atomic E-state index is 4.36. The molecule has 0 N–H and O–H groups in total. The lowest BCUT2D eigenvalue weighted by Crippen LogP contribution is -1.99. The molecule has 15 heavy (non-hydrogen) atoms. The van der Waals surface area contributed by atoms with Crippen LogP contribution >= 0.6 is 0 Å². The summed E-state index contributed by atoms with van der Waals surface area (Å²) in [6, 6.07) is 4.27. The van der Waals surface area contributed by atoms with Crippen molar-refractivity contribution in [1.82, 2.24) is 4.98 Å². The van der Waals surface area contributed by atoms with Crippen LogP contribution in [0.3, 0.4) is 0 Å². The first-order valence-corrected chi connectivity index (χ1v) is 5.63. The highest BCUT2D eigenvalue weighted by Gasteiger charge is 2.03. The lowest BCUT2D eigenvalue weighted by atomic mass is 9.96. The van der Waals surface area contributed by atoms with Crippen molar-refractivity contribution in [3.8, 4) is 0 Å². The van der Waals surface area contributed by atoms with Gasteiger partial charge in [-0.3, -0.25) is 4.98 Å². The highest BCUT2D eigenvalue weighted by atomic mass is 14.7. The third-order valence-electron chi connectivity index (χ3n) is 2.23. The van der Waals surface area contributed by atoms with Crippen molar-refractivity contribution in [2.75, 3.05) is 0 Å². The maximum absolute atomic E-state index is 4.36. The molecule has 82 valence electrons. The third kappa shape index (κ3) is 4.78. The second kappa shape index (κ2) is 5.11. The first-order valence-electron chi connectivity index (χ1n) is 5.63. The van der Waals surface area contributed by atoms with Gasteiger partial charge in [0, 0.05) is 18.3 Å². The largest absolute Gasteiger partial charge is 0.261 e. The molecule has 1 heterocycles. The highest BCUT2D eigenvalue weighted by Crippen LogP contribution is 2.15. The molecule has 1 aromatic heterocycles. The van der Waals surface area contributed by atoms with Crippen molar-refractivity contribution in [3.05, 3.63) is 41.7 Å². The van der Waals surface area contributed by atoms with Gasteiger partial charge in [-0.15, -0.1) is 0 Å². The molecule has 0 radical (unpaired) electrons. The predicted molar refractivity (Wildman–Crippen MR) is 65.9 cm³/mol. The number of rotatable bonds is 3. The summed E-state index contributed by atoms with van der Waals surface area (Å²) in [5.74, 6) is 0. The number of aryl methyl sites for hydroxylation is 1. The molecule has 0 saturated heterocycles. The highest BCUT2D eigenvalue weighted by molar-refractivity contribution is 5.18. The molecule has 0 aliphatic rings. The Kier molecular flexibility index (Phi) is 4.07. The van der Waals surface area contributed by atoms with Crippen molar-refractivity contribution < 1.29 is 0 Å². The van der Waals surface area contributed by atoms with E-state index in [2.05, 4.69) is 57.0 Å². The molecule has 0 atom stereocenters. The number of hydrogen-bond donors (Lipinski definition) is 0. The van der Waals surface area contributed by atoms with Gasteiger partial charge in [0.1, 0.15) is 0 Å². The average Bonchev–Trinajstić information content (AvgIpc) is 2.16. The molecule has 0 aliphatic heterocycles. The van der Waals surface area contributed by atoms with Gasteiger partial charge < -0.3 is 0 Å². The summed E-state index contributed by atoms with van der Waals surface area (Å²) in [5.41, 5.74) is 2.79. The fourth-order valence-corrected chi connectivity index (χ4v) is 1.39. The molecule has 0 bridgehead atoms. The van der Waals surface area contributed by atoms with E-state index in [0.29, 0.717) is 0 Å². The Balaban J connectivity index is 2.61. The molecular weight excluding hydrogens is 182 g/mol. The number of aromatic nitrogens is 1. The Morgan fingerprint density at radius 2 is 2.07 bits per heavy atom. The molecule has 0 aromatic carbocycles. The molecule has 1 nitrogen and oxygen atoms in total. The lowest BCUT2D eigenvalue weighted by Gasteiger charge is -2.10. The minimum atomic E-state index is 0.266. The number of hydrogen-bond acceptors (Lipinski definition) is 1. The van der Waals surface area contributed by atoms with Crippen LogP contribution in [-0.4, -0.2) is 4.98 Å². The monoisotopic (exact) mass is 203 g/mol. The molecule has 0 amide bonds. The predicted octanol–water partition coefficient (Wildman–Crippen LogP) is 3.79. The zero-order valence-corrected chi connectivity index (χ0v) is 10.2. The summed E-state index contributed by atoms with van der Waals surface area (Å²) in [6.45, 7) is 8.79. The Bertz CT molecular complexity index is 331. The molecule has 0 fully saturated rings. The molecular formula is C14H21N. The van der Waals surface area contributed by atoms with E-state index in [1.54, 1.807) is 0 Å². The summed E-state index contributed by atoms with van der Waals surface area (Å²) in [5, 5.41) is 0. The summed E-state index contributed by atoms with van der Waals surface area (Å²) in [6.07, 6.45) is 8.37. The van der Waals surface area contributed by atoms with Crippen LogP contribution in [0.25, 0.3) is 0 Å². The van der Waals surface area contributed by atoms with E-state index in [1.165, 1.54) is 5.56 Å². The quantitative estimate of drug-likeness (QED) is 0.681. The van der Waals surface area contributed by atoms with Gasteiger partial charge in [0.25, 0.3) is 0 Å². The summed E-state index contributed by atoms with van der Waals surface area (Å²) < 4.78 is 0. The van der Waals surface area contributed by atoms with Crippen LogP contribution in [0.2, 0.25) is 0 Å². The molecule has 1 heteroatoms. The van der Waals surface area contributed by atoms with Gasteiger partial charge in [-0.05, 0) is 29.5 Å². The van der Waals surface area contributed by atoms with Gasteiger partial charge in [0.05, 0.1) is 0 Å². The fraction of sp³-hybridized carbons (Fsp3) is 0.500. The van der Waals surface area contributed by atoms with E-state index >= 15 is 0 Å². The summed E-state index contributed by atoms with van der Waals surface area (Å²) in [4.78, 5) is 4.36. The van der Waals surface area contributed by atoms with Gasteiger partial charge in [0.2, 0.25) is 0 Å². The minimum absolute atomic E-state index is 0.266. The van der Waals surface area contributed by atoms with Gasteiger partial charge >= 0.3 is 0 Å².